The van der Waals surface area contributed by atoms with Crippen molar-refractivity contribution in [1.82, 2.24) is 0 Å². The summed E-state index contributed by atoms with van der Waals surface area (Å²) in [5.41, 5.74) is 4.00. The molecule has 0 fully saturated rings. The monoisotopic (exact) mass is 265 g/mol. The molecule has 0 spiro atoms. The zero-order valence-electron chi connectivity index (χ0n) is 10.1. The highest BCUT2D eigenvalue weighted by molar-refractivity contribution is 5.31. The van der Waals surface area contributed by atoms with Crippen molar-refractivity contribution in [2.75, 3.05) is 13.7 Å². The van der Waals surface area contributed by atoms with Gasteiger partial charge in [-0.3, -0.25) is 0 Å². The number of benzene rings is 1. The molecular weight excluding hydrogens is 250 g/mol. The Hall–Kier alpha value is -1.14. The molecule has 0 bridgehead atoms. The smallest absolute Gasteiger partial charge is 0.382 e. The Labute approximate surface area is 103 Å². The van der Waals surface area contributed by atoms with Crippen LogP contribution in [0.5, 0.6) is 0 Å². The maximum Gasteiger partial charge on any atom is 0.419 e. The van der Waals surface area contributed by atoms with E-state index in [1.165, 1.54) is 13.2 Å². The molecular formula is C12H15F4NO. The van der Waals surface area contributed by atoms with Gasteiger partial charge in [-0.05, 0) is 24.1 Å². The van der Waals surface area contributed by atoms with Crippen molar-refractivity contribution in [2.24, 2.45) is 5.73 Å². The van der Waals surface area contributed by atoms with Crippen molar-refractivity contribution in [3.8, 4) is 0 Å². The second kappa shape index (κ2) is 5.24. The summed E-state index contributed by atoms with van der Waals surface area (Å²) in [4.78, 5) is 0. The lowest BCUT2D eigenvalue weighted by molar-refractivity contribution is -0.140. The Morgan fingerprint density at radius 3 is 2.28 bits per heavy atom. The molecule has 0 amide bonds. The molecule has 1 aromatic carbocycles. The number of nitrogens with two attached hydrogens (primary N) is 1. The summed E-state index contributed by atoms with van der Waals surface area (Å²) in [6.07, 6.45) is -4.28. The van der Waals surface area contributed by atoms with Crippen LogP contribution in [0.25, 0.3) is 0 Å². The predicted molar refractivity (Wildman–Crippen MR) is 59.4 cm³/mol. The van der Waals surface area contributed by atoms with E-state index in [0.29, 0.717) is 12.5 Å². The third-order valence-electron chi connectivity index (χ3n) is 2.88. The molecule has 2 nitrogen and oxygen atoms in total. The van der Waals surface area contributed by atoms with Gasteiger partial charge in [-0.25, -0.2) is 4.39 Å². The fourth-order valence-corrected chi connectivity index (χ4v) is 1.70. The minimum Gasteiger partial charge on any atom is -0.382 e. The topological polar surface area (TPSA) is 35.2 Å². The average molecular weight is 265 g/mol. The van der Waals surface area contributed by atoms with E-state index in [2.05, 4.69) is 0 Å². The molecule has 2 N–H and O–H groups in total. The fraction of sp³-hybridized carbons (Fsp3) is 0.500. The summed E-state index contributed by atoms with van der Waals surface area (Å²) in [6, 6.07) is 2.72. The van der Waals surface area contributed by atoms with Crippen molar-refractivity contribution in [2.45, 2.75) is 25.1 Å². The van der Waals surface area contributed by atoms with Gasteiger partial charge in [-0.2, -0.15) is 13.2 Å². The van der Waals surface area contributed by atoms with Crippen molar-refractivity contribution >= 4 is 0 Å². The van der Waals surface area contributed by atoms with Gasteiger partial charge in [0.25, 0.3) is 0 Å². The van der Waals surface area contributed by atoms with E-state index in [-0.39, 0.29) is 12.2 Å². The standard InChI is InChI=1S/C12H15F4NO/c1-3-11(17,7-18-2)8-4-5-9(10(13)6-8)12(14,15)16/h4-6H,3,7,17H2,1-2H3. The van der Waals surface area contributed by atoms with Gasteiger partial charge in [0.15, 0.2) is 0 Å². The number of methoxy groups -OCH3 is 1. The van der Waals surface area contributed by atoms with Crippen LogP contribution in [0.2, 0.25) is 0 Å². The van der Waals surface area contributed by atoms with Gasteiger partial charge >= 0.3 is 6.18 Å². The van der Waals surface area contributed by atoms with Crippen LogP contribution < -0.4 is 5.73 Å². The van der Waals surface area contributed by atoms with Crippen LogP contribution in [0.4, 0.5) is 17.6 Å². The Kier molecular flexibility index (Phi) is 4.34. The first-order chi connectivity index (χ1) is 8.24. The third-order valence-corrected chi connectivity index (χ3v) is 2.88. The van der Waals surface area contributed by atoms with Crippen LogP contribution in [-0.4, -0.2) is 13.7 Å². The quantitative estimate of drug-likeness (QED) is 0.849. The van der Waals surface area contributed by atoms with E-state index in [1.54, 1.807) is 6.92 Å². The minimum absolute atomic E-state index is 0.105. The van der Waals surface area contributed by atoms with Gasteiger partial charge in [0.05, 0.1) is 17.7 Å². The molecule has 0 aliphatic heterocycles. The van der Waals surface area contributed by atoms with Gasteiger partial charge in [0.1, 0.15) is 5.82 Å². The molecule has 0 saturated heterocycles. The van der Waals surface area contributed by atoms with Crippen molar-refractivity contribution in [3.63, 3.8) is 0 Å². The fourth-order valence-electron chi connectivity index (χ4n) is 1.70. The molecule has 0 aliphatic carbocycles. The summed E-state index contributed by atoms with van der Waals surface area (Å²) in [6.45, 7) is 1.86. The highest BCUT2D eigenvalue weighted by Gasteiger charge is 2.35. The molecule has 6 heteroatoms. The average Bonchev–Trinajstić information content (AvgIpc) is 2.27. The summed E-state index contributed by atoms with van der Waals surface area (Å²) >= 11 is 0. The number of hydrogen-bond acceptors (Lipinski definition) is 2. The normalized spacial score (nSPS) is 15.5. The predicted octanol–water partition coefficient (Wildman–Crippen LogP) is 3.05. The summed E-state index contributed by atoms with van der Waals surface area (Å²) in [5, 5.41) is 0. The Balaban J connectivity index is 3.18. The maximum atomic E-state index is 13.4. The van der Waals surface area contributed by atoms with Crippen LogP contribution in [0.3, 0.4) is 0 Å². The lowest BCUT2D eigenvalue weighted by Crippen LogP contribution is -2.40. The largest absolute Gasteiger partial charge is 0.419 e. The lowest BCUT2D eigenvalue weighted by atomic mass is 9.88. The Morgan fingerprint density at radius 2 is 1.89 bits per heavy atom. The second-order valence-corrected chi connectivity index (χ2v) is 4.14. The van der Waals surface area contributed by atoms with Crippen LogP contribution in [0, 0.1) is 5.82 Å². The summed E-state index contributed by atoms with van der Waals surface area (Å²) in [7, 11) is 1.43. The Bertz CT molecular complexity index is 419. The first-order valence-electron chi connectivity index (χ1n) is 5.39. The van der Waals surface area contributed by atoms with Crippen molar-refractivity contribution in [1.29, 1.82) is 0 Å². The zero-order valence-corrected chi connectivity index (χ0v) is 10.1. The second-order valence-electron chi connectivity index (χ2n) is 4.14. The lowest BCUT2D eigenvalue weighted by Gasteiger charge is -2.28. The van der Waals surface area contributed by atoms with E-state index in [0.717, 1.165) is 6.07 Å². The summed E-state index contributed by atoms with van der Waals surface area (Å²) < 4.78 is 55.6. The summed E-state index contributed by atoms with van der Waals surface area (Å²) in [5.74, 6) is -1.32. The molecule has 1 atom stereocenters. The Morgan fingerprint density at radius 1 is 1.28 bits per heavy atom. The van der Waals surface area contributed by atoms with Gasteiger partial charge in [0, 0.05) is 7.11 Å². The maximum absolute atomic E-state index is 13.4. The number of hydrogen-bond donors (Lipinski definition) is 1. The first-order valence-corrected chi connectivity index (χ1v) is 5.39. The van der Waals surface area contributed by atoms with Crippen LogP contribution >= 0.6 is 0 Å². The zero-order chi connectivity index (χ0) is 14.0. The number of halogens is 4. The molecule has 0 saturated carbocycles. The number of rotatable bonds is 4. The number of alkyl halides is 3. The first kappa shape index (κ1) is 14.9. The molecule has 1 aromatic rings. The molecule has 1 rings (SSSR count). The van der Waals surface area contributed by atoms with E-state index in [9.17, 15) is 17.6 Å². The third kappa shape index (κ3) is 3.00. The van der Waals surface area contributed by atoms with E-state index >= 15 is 0 Å². The van der Waals surface area contributed by atoms with Crippen molar-refractivity contribution < 1.29 is 22.3 Å². The molecule has 102 valence electrons. The van der Waals surface area contributed by atoms with E-state index in [4.69, 9.17) is 10.5 Å². The van der Waals surface area contributed by atoms with Gasteiger partial charge in [-0.1, -0.05) is 13.0 Å². The molecule has 1 unspecified atom stereocenters. The number of ether oxygens (including phenoxy) is 1. The van der Waals surface area contributed by atoms with Crippen LogP contribution in [-0.2, 0) is 16.5 Å². The van der Waals surface area contributed by atoms with E-state index < -0.39 is 23.1 Å². The molecule has 0 aromatic heterocycles. The molecule has 0 radical (unpaired) electrons. The minimum atomic E-state index is -4.70. The SMILES string of the molecule is CCC(N)(COC)c1ccc(C(F)(F)F)c(F)c1. The van der Waals surface area contributed by atoms with Crippen molar-refractivity contribution in [3.05, 3.63) is 35.1 Å². The van der Waals surface area contributed by atoms with Gasteiger partial charge < -0.3 is 10.5 Å². The highest BCUT2D eigenvalue weighted by atomic mass is 19.4. The van der Waals surface area contributed by atoms with Crippen LogP contribution in [0.15, 0.2) is 18.2 Å². The van der Waals surface area contributed by atoms with Gasteiger partial charge in [0.2, 0.25) is 0 Å². The van der Waals surface area contributed by atoms with Gasteiger partial charge in [-0.15, -0.1) is 0 Å². The molecule has 0 aliphatic rings. The van der Waals surface area contributed by atoms with Crippen LogP contribution in [0.1, 0.15) is 24.5 Å². The van der Waals surface area contributed by atoms with E-state index in [1.807, 2.05) is 0 Å². The molecule has 0 heterocycles. The molecule has 18 heavy (non-hydrogen) atoms. The highest BCUT2D eigenvalue weighted by Crippen LogP contribution is 2.33.